The van der Waals surface area contributed by atoms with Gasteiger partial charge in [-0.25, -0.2) is 0 Å². The van der Waals surface area contributed by atoms with Gasteiger partial charge < -0.3 is 14.8 Å². The first-order chi connectivity index (χ1) is 9.20. The highest BCUT2D eigenvalue weighted by atomic mass is 79.9. The molecule has 4 heteroatoms. The standard InChI is InChI=1S/C15H18BrNO2/c1-11-9-12(3-5-14(11)16)15-6-4-13(19-15)10-17-7-2-8-18/h3-6,9,17-18H,2,7-8,10H2,1H3. The van der Waals surface area contributed by atoms with Crippen LogP contribution in [0.3, 0.4) is 0 Å². The van der Waals surface area contributed by atoms with E-state index >= 15 is 0 Å². The molecule has 3 nitrogen and oxygen atoms in total. The zero-order chi connectivity index (χ0) is 13.7. The molecule has 0 aliphatic heterocycles. The second-order valence-corrected chi connectivity index (χ2v) is 5.34. The first-order valence-electron chi connectivity index (χ1n) is 6.37. The molecule has 2 N–H and O–H groups in total. The van der Waals surface area contributed by atoms with Crippen LogP contribution < -0.4 is 5.32 Å². The smallest absolute Gasteiger partial charge is 0.134 e. The minimum Gasteiger partial charge on any atom is -0.460 e. The zero-order valence-corrected chi connectivity index (χ0v) is 12.5. The van der Waals surface area contributed by atoms with Gasteiger partial charge in [0.1, 0.15) is 11.5 Å². The third-order valence-corrected chi connectivity index (χ3v) is 3.80. The lowest BCUT2D eigenvalue weighted by atomic mass is 10.1. The van der Waals surface area contributed by atoms with Crippen LogP contribution in [0.25, 0.3) is 11.3 Å². The molecule has 1 aromatic heterocycles. The Bertz CT molecular complexity index is 537. The maximum Gasteiger partial charge on any atom is 0.134 e. The van der Waals surface area contributed by atoms with E-state index in [1.165, 1.54) is 5.56 Å². The Morgan fingerprint density at radius 1 is 1.26 bits per heavy atom. The van der Waals surface area contributed by atoms with Gasteiger partial charge in [-0.1, -0.05) is 22.0 Å². The number of aliphatic hydroxyl groups is 1. The first-order valence-corrected chi connectivity index (χ1v) is 7.17. The number of aryl methyl sites for hydroxylation is 1. The normalized spacial score (nSPS) is 10.9. The number of benzene rings is 1. The van der Waals surface area contributed by atoms with Gasteiger partial charge in [-0.3, -0.25) is 0 Å². The van der Waals surface area contributed by atoms with Crippen LogP contribution in [0, 0.1) is 6.92 Å². The van der Waals surface area contributed by atoms with Crippen LogP contribution in [0.2, 0.25) is 0 Å². The van der Waals surface area contributed by atoms with E-state index in [2.05, 4.69) is 34.2 Å². The van der Waals surface area contributed by atoms with Gasteiger partial charge in [0.2, 0.25) is 0 Å². The summed E-state index contributed by atoms with van der Waals surface area (Å²) in [7, 11) is 0. The van der Waals surface area contributed by atoms with Gasteiger partial charge in [0.15, 0.2) is 0 Å². The Morgan fingerprint density at radius 3 is 2.84 bits per heavy atom. The molecular weight excluding hydrogens is 306 g/mol. The van der Waals surface area contributed by atoms with Gasteiger partial charge >= 0.3 is 0 Å². The lowest BCUT2D eigenvalue weighted by Gasteiger charge is -2.02. The van der Waals surface area contributed by atoms with E-state index in [1.807, 2.05) is 24.3 Å². The molecule has 0 aliphatic rings. The molecule has 0 saturated carbocycles. The van der Waals surface area contributed by atoms with E-state index in [0.29, 0.717) is 6.54 Å². The molecule has 2 rings (SSSR count). The van der Waals surface area contributed by atoms with Crippen molar-refractivity contribution >= 4 is 15.9 Å². The molecule has 0 saturated heterocycles. The molecule has 0 unspecified atom stereocenters. The van der Waals surface area contributed by atoms with Crippen molar-refractivity contribution in [3.63, 3.8) is 0 Å². The van der Waals surface area contributed by atoms with Gasteiger partial charge in [-0.05, 0) is 49.7 Å². The summed E-state index contributed by atoms with van der Waals surface area (Å²) in [6.45, 7) is 3.77. The molecule has 1 heterocycles. The molecule has 19 heavy (non-hydrogen) atoms. The van der Waals surface area contributed by atoms with Crippen molar-refractivity contribution in [1.82, 2.24) is 5.32 Å². The Kier molecular flexibility index (Phi) is 5.19. The molecule has 102 valence electrons. The predicted octanol–water partition coefficient (Wildman–Crippen LogP) is 3.49. The summed E-state index contributed by atoms with van der Waals surface area (Å²) in [5, 5.41) is 11.9. The third-order valence-electron chi connectivity index (χ3n) is 2.92. The molecule has 0 atom stereocenters. The largest absolute Gasteiger partial charge is 0.460 e. The van der Waals surface area contributed by atoms with Crippen molar-refractivity contribution in [2.24, 2.45) is 0 Å². The van der Waals surface area contributed by atoms with Crippen molar-refractivity contribution in [2.75, 3.05) is 13.2 Å². The molecule has 0 radical (unpaired) electrons. The van der Waals surface area contributed by atoms with Gasteiger partial charge in [0.05, 0.1) is 6.54 Å². The number of hydrogen-bond acceptors (Lipinski definition) is 3. The van der Waals surface area contributed by atoms with Crippen LogP contribution in [0.15, 0.2) is 39.2 Å². The van der Waals surface area contributed by atoms with Crippen LogP contribution in [-0.2, 0) is 6.54 Å². The topological polar surface area (TPSA) is 45.4 Å². The van der Waals surface area contributed by atoms with Crippen molar-refractivity contribution in [1.29, 1.82) is 0 Å². The van der Waals surface area contributed by atoms with E-state index in [1.54, 1.807) is 0 Å². The SMILES string of the molecule is Cc1cc(-c2ccc(CNCCCO)o2)ccc1Br. The van der Waals surface area contributed by atoms with Crippen LogP contribution in [-0.4, -0.2) is 18.3 Å². The maximum atomic E-state index is 8.70. The lowest BCUT2D eigenvalue weighted by molar-refractivity contribution is 0.285. The van der Waals surface area contributed by atoms with Crippen LogP contribution in [0.1, 0.15) is 17.7 Å². The van der Waals surface area contributed by atoms with E-state index in [-0.39, 0.29) is 6.61 Å². The molecule has 2 aromatic rings. The maximum absolute atomic E-state index is 8.70. The predicted molar refractivity (Wildman–Crippen MR) is 80.0 cm³/mol. The van der Waals surface area contributed by atoms with Gasteiger partial charge in [0, 0.05) is 16.6 Å². The fourth-order valence-electron chi connectivity index (χ4n) is 1.84. The second-order valence-electron chi connectivity index (χ2n) is 4.48. The number of halogens is 1. The van der Waals surface area contributed by atoms with Crippen LogP contribution in [0.5, 0.6) is 0 Å². The second kappa shape index (κ2) is 6.89. The number of aliphatic hydroxyl groups excluding tert-OH is 1. The Balaban J connectivity index is 2.01. The van der Waals surface area contributed by atoms with Gasteiger partial charge in [-0.15, -0.1) is 0 Å². The monoisotopic (exact) mass is 323 g/mol. The summed E-state index contributed by atoms with van der Waals surface area (Å²) < 4.78 is 6.91. The van der Waals surface area contributed by atoms with Crippen LogP contribution in [0.4, 0.5) is 0 Å². The number of furan rings is 1. The Hall–Kier alpha value is -1.10. The number of nitrogens with one attached hydrogen (secondary N) is 1. The highest BCUT2D eigenvalue weighted by molar-refractivity contribution is 9.10. The molecule has 0 spiro atoms. The zero-order valence-electron chi connectivity index (χ0n) is 10.9. The van der Waals surface area contributed by atoms with Crippen molar-refractivity contribution in [3.05, 3.63) is 46.1 Å². The summed E-state index contributed by atoms with van der Waals surface area (Å²) in [4.78, 5) is 0. The Labute approximate surface area is 121 Å². The van der Waals surface area contributed by atoms with E-state index in [0.717, 1.165) is 34.5 Å². The van der Waals surface area contributed by atoms with Gasteiger partial charge in [-0.2, -0.15) is 0 Å². The molecular formula is C15H18BrNO2. The highest BCUT2D eigenvalue weighted by Gasteiger charge is 2.06. The number of hydrogen-bond donors (Lipinski definition) is 2. The summed E-state index contributed by atoms with van der Waals surface area (Å²) in [6, 6.07) is 10.2. The van der Waals surface area contributed by atoms with E-state index < -0.39 is 0 Å². The summed E-state index contributed by atoms with van der Waals surface area (Å²) >= 11 is 3.49. The minimum absolute atomic E-state index is 0.217. The highest BCUT2D eigenvalue weighted by Crippen LogP contribution is 2.26. The molecule has 0 fully saturated rings. The van der Waals surface area contributed by atoms with Crippen molar-refractivity contribution in [2.45, 2.75) is 19.9 Å². The molecule has 1 aromatic carbocycles. The summed E-state index contributed by atoms with van der Waals surface area (Å²) in [5.74, 6) is 1.79. The summed E-state index contributed by atoms with van der Waals surface area (Å²) in [5.41, 5.74) is 2.28. The third kappa shape index (κ3) is 3.93. The van der Waals surface area contributed by atoms with Crippen molar-refractivity contribution in [3.8, 4) is 11.3 Å². The average molecular weight is 324 g/mol. The Morgan fingerprint density at radius 2 is 2.11 bits per heavy atom. The lowest BCUT2D eigenvalue weighted by Crippen LogP contribution is -2.15. The van der Waals surface area contributed by atoms with Crippen LogP contribution >= 0.6 is 15.9 Å². The summed E-state index contributed by atoms with van der Waals surface area (Å²) in [6.07, 6.45) is 0.763. The average Bonchev–Trinajstić information content (AvgIpc) is 2.87. The van der Waals surface area contributed by atoms with E-state index in [4.69, 9.17) is 9.52 Å². The van der Waals surface area contributed by atoms with E-state index in [9.17, 15) is 0 Å². The minimum atomic E-state index is 0.217. The van der Waals surface area contributed by atoms with Gasteiger partial charge in [0.25, 0.3) is 0 Å². The quantitative estimate of drug-likeness (QED) is 0.800. The van der Waals surface area contributed by atoms with Crippen molar-refractivity contribution < 1.29 is 9.52 Å². The fourth-order valence-corrected chi connectivity index (χ4v) is 2.09. The fraction of sp³-hybridized carbons (Fsp3) is 0.333. The molecule has 0 amide bonds. The number of rotatable bonds is 6. The molecule has 0 aliphatic carbocycles. The first kappa shape index (κ1) is 14.3. The molecule has 0 bridgehead atoms.